The first-order valence-electron chi connectivity index (χ1n) is 4.05. The van der Waals surface area contributed by atoms with Gasteiger partial charge in [-0.25, -0.2) is 4.79 Å². The highest BCUT2D eigenvalue weighted by Crippen LogP contribution is 2.26. The van der Waals surface area contributed by atoms with Gasteiger partial charge in [0.2, 0.25) is 0 Å². The molecule has 0 radical (unpaired) electrons. The van der Waals surface area contributed by atoms with Crippen LogP contribution in [-0.2, 0) is 4.74 Å². The standard InChI is InChI=1S/C9H10ClNO3/c1-2-14-9(13)11-7-5-6(10)3-4-8(7)12/h3-5,12H,2H2,1H3,(H,11,13). The van der Waals surface area contributed by atoms with Crippen molar-refractivity contribution in [3.05, 3.63) is 23.2 Å². The highest BCUT2D eigenvalue weighted by molar-refractivity contribution is 6.31. The van der Waals surface area contributed by atoms with Crippen LogP contribution in [0.4, 0.5) is 10.5 Å². The molecule has 0 fully saturated rings. The molecule has 2 N–H and O–H groups in total. The number of rotatable bonds is 2. The molecule has 0 aliphatic carbocycles. The van der Waals surface area contributed by atoms with Crippen LogP contribution < -0.4 is 5.32 Å². The van der Waals surface area contributed by atoms with Crippen LogP contribution in [0.2, 0.25) is 5.02 Å². The van der Waals surface area contributed by atoms with Gasteiger partial charge in [-0.05, 0) is 25.1 Å². The summed E-state index contributed by atoms with van der Waals surface area (Å²) in [7, 11) is 0. The smallest absolute Gasteiger partial charge is 0.411 e. The summed E-state index contributed by atoms with van der Waals surface area (Å²) in [5, 5.41) is 12.1. The van der Waals surface area contributed by atoms with Crippen molar-refractivity contribution in [1.82, 2.24) is 0 Å². The molecule has 0 heterocycles. The van der Waals surface area contributed by atoms with Crippen molar-refractivity contribution >= 4 is 23.4 Å². The second kappa shape index (κ2) is 4.72. The van der Waals surface area contributed by atoms with E-state index in [2.05, 4.69) is 10.1 Å². The molecule has 0 aromatic heterocycles. The molecule has 0 bridgehead atoms. The molecule has 0 saturated carbocycles. The van der Waals surface area contributed by atoms with Crippen molar-refractivity contribution in [2.45, 2.75) is 6.92 Å². The van der Waals surface area contributed by atoms with E-state index in [9.17, 15) is 9.90 Å². The van der Waals surface area contributed by atoms with E-state index >= 15 is 0 Å². The number of anilines is 1. The third-order valence-electron chi connectivity index (χ3n) is 1.47. The van der Waals surface area contributed by atoms with Crippen molar-refractivity contribution in [3.63, 3.8) is 0 Å². The van der Waals surface area contributed by atoms with E-state index in [1.165, 1.54) is 18.2 Å². The van der Waals surface area contributed by atoms with Crippen LogP contribution in [0, 0.1) is 0 Å². The number of phenolic OH excluding ortho intramolecular Hbond substituents is 1. The number of hydrogen-bond acceptors (Lipinski definition) is 3. The molecule has 1 rings (SSSR count). The number of halogens is 1. The summed E-state index contributed by atoms with van der Waals surface area (Å²) in [5.74, 6) is -0.0533. The van der Waals surface area contributed by atoms with Gasteiger partial charge in [-0.15, -0.1) is 0 Å². The normalized spacial score (nSPS) is 9.57. The lowest BCUT2D eigenvalue weighted by atomic mass is 10.3. The van der Waals surface area contributed by atoms with Crippen molar-refractivity contribution in [1.29, 1.82) is 0 Å². The number of nitrogens with one attached hydrogen (secondary N) is 1. The summed E-state index contributed by atoms with van der Waals surface area (Å²) in [6.45, 7) is 1.96. The van der Waals surface area contributed by atoms with E-state index in [-0.39, 0.29) is 18.0 Å². The molecule has 1 aromatic rings. The minimum Gasteiger partial charge on any atom is -0.506 e. The number of ether oxygens (including phenoxy) is 1. The van der Waals surface area contributed by atoms with Crippen LogP contribution in [0.15, 0.2) is 18.2 Å². The fraction of sp³-hybridized carbons (Fsp3) is 0.222. The van der Waals surface area contributed by atoms with Crippen LogP contribution in [-0.4, -0.2) is 17.8 Å². The number of carbonyl (C=O) groups is 1. The number of benzene rings is 1. The van der Waals surface area contributed by atoms with Gasteiger partial charge in [0, 0.05) is 5.02 Å². The number of hydrogen-bond donors (Lipinski definition) is 2. The molecular weight excluding hydrogens is 206 g/mol. The third kappa shape index (κ3) is 2.81. The quantitative estimate of drug-likeness (QED) is 0.746. The molecule has 14 heavy (non-hydrogen) atoms. The maximum Gasteiger partial charge on any atom is 0.411 e. The molecule has 1 amide bonds. The second-order valence-electron chi connectivity index (χ2n) is 2.51. The monoisotopic (exact) mass is 215 g/mol. The number of aromatic hydroxyl groups is 1. The van der Waals surface area contributed by atoms with Gasteiger partial charge in [-0.3, -0.25) is 5.32 Å². The molecule has 4 nitrogen and oxygen atoms in total. The van der Waals surface area contributed by atoms with Crippen LogP contribution >= 0.6 is 11.6 Å². The van der Waals surface area contributed by atoms with Gasteiger partial charge < -0.3 is 9.84 Å². The molecular formula is C9H10ClNO3. The van der Waals surface area contributed by atoms with Gasteiger partial charge in [-0.1, -0.05) is 11.6 Å². The van der Waals surface area contributed by atoms with Gasteiger partial charge in [0.05, 0.1) is 12.3 Å². The van der Waals surface area contributed by atoms with Crippen LogP contribution in [0.3, 0.4) is 0 Å². The maximum atomic E-state index is 11.0. The zero-order valence-corrected chi connectivity index (χ0v) is 8.34. The lowest BCUT2D eigenvalue weighted by Gasteiger charge is -2.06. The molecule has 0 aliphatic heterocycles. The highest BCUT2D eigenvalue weighted by Gasteiger charge is 2.06. The summed E-state index contributed by atoms with van der Waals surface area (Å²) in [6.07, 6.45) is -0.620. The fourth-order valence-corrected chi connectivity index (χ4v) is 1.06. The van der Waals surface area contributed by atoms with Crippen molar-refractivity contribution < 1.29 is 14.6 Å². The molecule has 76 valence electrons. The van der Waals surface area contributed by atoms with E-state index in [4.69, 9.17) is 11.6 Å². The van der Waals surface area contributed by atoms with Crippen molar-refractivity contribution in [2.24, 2.45) is 0 Å². The van der Waals surface area contributed by atoms with Gasteiger partial charge in [0.25, 0.3) is 0 Å². The Balaban J connectivity index is 2.75. The van der Waals surface area contributed by atoms with Crippen LogP contribution in [0.25, 0.3) is 0 Å². The first-order chi connectivity index (χ1) is 6.63. The van der Waals surface area contributed by atoms with E-state index in [0.717, 1.165) is 0 Å². The average molecular weight is 216 g/mol. The first-order valence-corrected chi connectivity index (χ1v) is 4.43. The summed E-state index contributed by atoms with van der Waals surface area (Å²) >= 11 is 5.67. The number of carbonyl (C=O) groups excluding carboxylic acids is 1. The Kier molecular flexibility index (Phi) is 3.59. The Morgan fingerprint density at radius 3 is 3.00 bits per heavy atom. The Labute approximate surface area is 86.4 Å². The minimum atomic E-state index is -0.620. The summed E-state index contributed by atoms with van der Waals surface area (Å²) < 4.78 is 4.64. The molecule has 0 aliphatic rings. The van der Waals surface area contributed by atoms with E-state index in [1.807, 2.05) is 0 Å². The lowest BCUT2D eigenvalue weighted by molar-refractivity contribution is 0.168. The van der Waals surface area contributed by atoms with E-state index in [1.54, 1.807) is 6.92 Å². The topological polar surface area (TPSA) is 58.6 Å². The minimum absolute atomic E-state index is 0.0533. The zero-order chi connectivity index (χ0) is 10.6. The third-order valence-corrected chi connectivity index (χ3v) is 1.71. The molecule has 0 atom stereocenters. The number of amides is 1. The molecule has 0 saturated heterocycles. The van der Waals surface area contributed by atoms with E-state index in [0.29, 0.717) is 5.02 Å². The summed E-state index contributed by atoms with van der Waals surface area (Å²) in [4.78, 5) is 11.0. The van der Waals surface area contributed by atoms with Crippen LogP contribution in [0.1, 0.15) is 6.92 Å². The van der Waals surface area contributed by atoms with Crippen LogP contribution in [0.5, 0.6) is 5.75 Å². The predicted molar refractivity (Wildman–Crippen MR) is 53.8 cm³/mol. The largest absolute Gasteiger partial charge is 0.506 e. The van der Waals surface area contributed by atoms with Crippen molar-refractivity contribution in [3.8, 4) is 5.75 Å². The second-order valence-corrected chi connectivity index (χ2v) is 2.94. The molecule has 5 heteroatoms. The Bertz CT molecular complexity index is 341. The van der Waals surface area contributed by atoms with Gasteiger partial charge >= 0.3 is 6.09 Å². The average Bonchev–Trinajstić information content (AvgIpc) is 2.12. The Morgan fingerprint density at radius 2 is 2.36 bits per heavy atom. The van der Waals surface area contributed by atoms with E-state index < -0.39 is 6.09 Å². The van der Waals surface area contributed by atoms with Gasteiger partial charge in [-0.2, -0.15) is 0 Å². The Hall–Kier alpha value is -1.42. The fourth-order valence-electron chi connectivity index (χ4n) is 0.886. The lowest BCUT2D eigenvalue weighted by Crippen LogP contribution is -2.13. The van der Waals surface area contributed by atoms with Gasteiger partial charge in [0.15, 0.2) is 0 Å². The summed E-state index contributed by atoms with van der Waals surface area (Å²) in [5.41, 5.74) is 0.232. The maximum absolute atomic E-state index is 11.0. The Morgan fingerprint density at radius 1 is 1.64 bits per heavy atom. The van der Waals surface area contributed by atoms with Crippen molar-refractivity contribution in [2.75, 3.05) is 11.9 Å². The number of phenols is 1. The first kappa shape index (κ1) is 10.7. The SMILES string of the molecule is CCOC(=O)Nc1cc(Cl)ccc1O. The molecule has 1 aromatic carbocycles. The summed E-state index contributed by atoms with van der Waals surface area (Å²) in [6, 6.07) is 4.35. The molecule has 0 spiro atoms. The zero-order valence-electron chi connectivity index (χ0n) is 7.58. The molecule has 0 unspecified atom stereocenters. The van der Waals surface area contributed by atoms with Gasteiger partial charge in [0.1, 0.15) is 5.75 Å². The highest BCUT2D eigenvalue weighted by atomic mass is 35.5. The predicted octanol–water partition coefficient (Wildman–Crippen LogP) is 2.61.